The first kappa shape index (κ1) is 52.2. The zero-order valence-electron chi connectivity index (χ0n) is 39.7. The fourth-order valence-electron chi connectivity index (χ4n) is 8.38. The predicted molar refractivity (Wildman–Crippen MR) is 253 cm³/mol. The first-order valence-corrected chi connectivity index (χ1v) is 22.8. The van der Waals surface area contributed by atoms with E-state index in [1.54, 1.807) is 0 Å². The number of nitrogens with one attached hydrogen (secondary N) is 6. The molecule has 2 saturated carbocycles. The third-order valence-electron chi connectivity index (χ3n) is 12.2. The lowest BCUT2D eigenvalue weighted by Crippen LogP contribution is -2.44. The van der Waals surface area contributed by atoms with Crippen molar-refractivity contribution in [3.8, 4) is 34.5 Å². The van der Waals surface area contributed by atoms with E-state index in [9.17, 15) is 28.8 Å². The van der Waals surface area contributed by atoms with Crippen LogP contribution in [0.3, 0.4) is 0 Å². The van der Waals surface area contributed by atoms with Crippen LogP contribution in [0.15, 0.2) is 36.4 Å². The summed E-state index contributed by atoms with van der Waals surface area (Å²) < 4.78 is 32.9. The molecule has 2 aliphatic rings. The molecule has 2 aliphatic carbocycles. The maximum atomic E-state index is 13.8. The van der Waals surface area contributed by atoms with Gasteiger partial charge in [-0.1, -0.05) is 0 Å². The zero-order valence-corrected chi connectivity index (χ0v) is 39.7. The van der Waals surface area contributed by atoms with Crippen LogP contribution in [0.2, 0.25) is 0 Å². The molecule has 0 spiro atoms. The summed E-state index contributed by atoms with van der Waals surface area (Å²) in [5.74, 6) is -1.03. The molecule has 370 valence electrons. The van der Waals surface area contributed by atoms with Gasteiger partial charge in [-0.25, -0.2) is 0 Å². The normalized spacial score (nSPS) is 17.6. The molecule has 20 nitrogen and oxygen atoms in total. The van der Waals surface area contributed by atoms with Crippen molar-refractivity contribution < 1.29 is 57.2 Å². The fraction of sp³-hybridized carbons (Fsp3) is 0.500. The number of carbonyl (C=O) groups excluding carboxylic acids is 6. The highest BCUT2D eigenvalue weighted by Crippen LogP contribution is 2.33. The fourth-order valence-corrected chi connectivity index (χ4v) is 8.38. The van der Waals surface area contributed by atoms with Crippen LogP contribution in [0.4, 0.5) is 0 Å². The Morgan fingerprint density at radius 2 is 0.588 bits per heavy atom. The van der Waals surface area contributed by atoms with E-state index in [1.807, 2.05) is 0 Å². The summed E-state index contributed by atoms with van der Waals surface area (Å²) in [7, 11) is 8.58. The average Bonchev–Trinajstić information content (AvgIpc) is 3.35. The summed E-state index contributed by atoms with van der Waals surface area (Å²) in [6.45, 7) is 1.57. The molecule has 0 heterocycles. The van der Waals surface area contributed by atoms with E-state index in [1.165, 1.54) is 79.1 Å². The molecule has 0 atom stereocenters. The molecule has 0 radical (unpaired) electrons. The van der Waals surface area contributed by atoms with Crippen LogP contribution < -0.4 is 71.8 Å². The van der Waals surface area contributed by atoms with Gasteiger partial charge in [0.25, 0.3) is 35.4 Å². The maximum absolute atomic E-state index is 13.8. The van der Waals surface area contributed by atoms with Gasteiger partial charge in [-0.2, -0.15) is 0 Å². The first-order chi connectivity index (χ1) is 32.8. The largest absolute Gasteiger partial charge is 0.496 e. The Kier molecular flexibility index (Phi) is 19.5. The molecule has 6 amide bonds. The number of hydrogen-bond donors (Lipinski definition) is 8. The number of hydrogen-bond acceptors (Lipinski definition) is 14. The average molecular weight is 947 g/mol. The van der Waals surface area contributed by atoms with Gasteiger partial charge in [0.15, 0.2) is 0 Å². The highest BCUT2D eigenvalue weighted by molar-refractivity contribution is 6.05. The Hall–Kier alpha value is -6.80. The van der Waals surface area contributed by atoms with Gasteiger partial charge in [-0.05, 0) is 95.5 Å². The van der Waals surface area contributed by atoms with Crippen molar-refractivity contribution in [1.82, 2.24) is 31.9 Å². The van der Waals surface area contributed by atoms with Crippen molar-refractivity contribution in [1.29, 1.82) is 0 Å². The van der Waals surface area contributed by atoms with Crippen LogP contribution in [0.25, 0.3) is 0 Å². The summed E-state index contributed by atoms with van der Waals surface area (Å²) in [6.07, 6.45) is 5.66. The molecule has 0 aromatic heterocycles. The number of ether oxygens (including phenoxy) is 6. The molecule has 0 bridgehead atoms. The van der Waals surface area contributed by atoms with Gasteiger partial charge in [0.2, 0.25) is 0 Å². The molecular formula is C48H66N8O12. The number of benzene rings is 3. The van der Waals surface area contributed by atoms with E-state index in [0.717, 1.165) is 0 Å². The van der Waals surface area contributed by atoms with E-state index in [4.69, 9.17) is 39.9 Å². The highest BCUT2D eigenvalue weighted by atomic mass is 16.5. The number of carbonyl (C=O) groups is 6. The van der Waals surface area contributed by atoms with Gasteiger partial charge in [-0.3, -0.25) is 28.8 Å². The topological polar surface area (TPSA) is 282 Å². The van der Waals surface area contributed by atoms with E-state index >= 15 is 0 Å². The van der Waals surface area contributed by atoms with E-state index < -0.39 is 35.4 Å². The third kappa shape index (κ3) is 13.2. The minimum absolute atomic E-state index is 0.153. The maximum Gasteiger partial charge on any atom is 0.255 e. The smallest absolute Gasteiger partial charge is 0.255 e. The monoisotopic (exact) mass is 946 g/mol. The molecule has 10 N–H and O–H groups in total. The van der Waals surface area contributed by atoms with Crippen molar-refractivity contribution >= 4 is 35.4 Å². The van der Waals surface area contributed by atoms with Gasteiger partial charge in [-0.15, -0.1) is 0 Å². The SMILES string of the molecule is COc1cc(OC)c(C(=O)NC2CCC(NC(=O)c3cc(C(=O)NC4CCC(NC(=O)c5cc(C(=O)NCCCN)c(OC)cc5OC)CC4)c(OC)cc3OC)CC2)cc1C(=O)NCCCN. The summed E-state index contributed by atoms with van der Waals surface area (Å²) in [5, 5.41) is 17.8. The van der Waals surface area contributed by atoms with Crippen molar-refractivity contribution in [2.45, 2.75) is 88.4 Å². The summed E-state index contributed by atoms with van der Waals surface area (Å²) in [5.41, 5.74) is 12.2. The molecule has 3 aromatic rings. The van der Waals surface area contributed by atoms with Gasteiger partial charge >= 0.3 is 0 Å². The standard InChI is InChI=1S/C48H66N8O12/c1-63-37-24-39(65-3)33(21-31(37)43(57)51-19-7-17-49)45(59)53-27-9-13-29(14-10-27)55-47(61)35-23-36(42(68-6)26-41(35)67-5)48(62)56-30-15-11-28(12-16-30)54-46(60)34-22-32(44(58)52-20-8-18-50)38(64-2)25-40(34)66-4/h21-30H,7-20,49-50H2,1-6H3,(H,51,57)(H,52,58)(H,53,59)(H,54,60)(H,55,61)(H,56,62). The molecule has 20 heteroatoms. The zero-order chi connectivity index (χ0) is 49.3. The van der Waals surface area contributed by atoms with Crippen LogP contribution in [0.5, 0.6) is 34.5 Å². The van der Waals surface area contributed by atoms with Crippen molar-refractivity contribution in [2.75, 3.05) is 68.8 Å². The first-order valence-electron chi connectivity index (χ1n) is 22.8. The molecule has 2 fully saturated rings. The summed E-state index contributed by atoms with van der Waals surface area (Å²) in [4.78, 5) is 80.7. The molecule has 0 unspecified atom stereocenters. The van der Waals surface area contributed by atoms with Gasteiger partial charge < -0.3 is 71.8 Å². The molecule has 68 heavy (non-hydrogen) atoms. The molecular weight excluding hydrogens is 881 g/mol. The Balaban J connectivity index is 1.17. The number of amides is 6. The summed E-state index contributed by atoms with van der Waals surface area (Å²) in [6, 6.07) is 8.01. The second-order valence-corrected chi connectivity index (χ2v) is 16.5. The molecule has 0 aliphatic heterocycles. The third-order valence-corrected chi connectivity index (χ3v) is 12.2. The van der Waals surface area contributed by atoms with E-state index in [0.29, 0.717) is 90.4 Å². The summed E-state index contributed by atoms with van der Waals surface area (Å²) >= 11 is 0. The second-order valence-electron chi connectivity index (χ2n) is 16.5. The van der Waals surface area contributed by atoms with Gasteiger partial charge in [0.05, 0.1) is 76.0 Å². The Morgan fingerprint density at radius 3 is 0.779 bits per heavy atom. The lowest BCUT2D eigenvalue weighted by atomic mass is 9.90. The quantitative estimate of drug-likeness (QED) is 0.0673. The molecule has 3 aromatic carbocycles. The molecule has 0 saturated heterocycles. The van der Waals surface area contributed by atoms with Crippen molar-refractivity contribution in [3.63, 3.8) is 0 Å². The van der Waals surface area contributed by atoms with Crippen LogP contribution in [0, 0.1) is 0 Å². The van der Waals surface area contributed by atoms with E-state index in [-0.39, 0.29) is 92.0 Å². The number of rotatable bonds is 22. The highest BCUT2D eigenvalue weighted by Gasteiger charge is 2.31. The van der Waals surface area contributed by atoms with Crippen molar-refractivity contribution in [2.24, 2.45) is 11.5 Å². The number of nitrogens with two attached hydrogens (primary N) is 2. The minimum Gasteiger partial charge on any atom is -0.496 e. The predicted octanol–water partition coefficient (Wildman–Crippen LogP) is 2.84. The van der Waals surface area contributed by atoms with E-state index in [2.05, 4.69) is 31.9 Å². The second kappa shape index (κ2) is 25.4. The Bertz CT molecular complexity index is 2120. The Morgan fingerprint density at radius 1 is 0.382 bits per heavy atom. The lowest BCUT2D eigenvalue weighted by molar-refractivity contribution is 0.0883. The molecule has 5 rings (SSSR count). The van der Waals surface area contributed by atoms with Gasteiger partial charge in [0, 0.05) is 55.5 Å². The number of methoxy groups -OCH3 is 6. The van der Waals surface area contributed by atoms with Crippen LogP contribution in [-0.4, -0.2) is 128 Å². The van der Waals surface area contributed by atoms with Crippen LogP contribution >= 0.6 is 0 Å². The van der Waals surface area contributed by atoms with Crippen molar-refractivity contribution in [3.05, 3.63) is 69.8 Å². The van der Waals surface area contributed by atoms with Crippen LogP contribution in [0.1, 0.15) is 126 Å². The Labute approximate surface area is 396 Å². The minimum atomic E-state index is -0.435. The lowest BCUT2D eigenvalue weighted by Gasteiger charge is -2.30. The van der Waals surface area contributed by atoms with Gasteiger partial charge in [0.1, 0.15) is 34.5 Å². The van der Waals surface area contributed by atoms with Crippen LogP contribution in [-0.2, 0) is 0 Å².